The van der Waals surface area contributed by atoms with Crippen LogP contribution in [0.5, 0.6) is 0 Å². The fourth-order valence-corrected chi connectivity index (χ4v) is 7.87. The van der Waals surface area contributed by atoms with Crippen molar-refractivity contribution in [3.05, 3.63) is 11.6 Å². The van der Waals surface area contributed by atoms with Crippen molar-refractivity contribution >= 4 is 96.3 Å². The lowest BCUT2D eigenvalue weighted by Gasteiger charge is -2.40. The van der Waals surface area contributed by atoms with E-state index in [1.54, 1.807) is 0 Å². The van der Waals surface area contributed by atoms with Crippen molar-refractivity contribution in [3.63, 3.8) is 0 Å². The van der Waals surface area contributed by atoms with Crippen molar-refractivity contribution in [2.45, 2.75) is 27.8 Å². The highest BCUT2D eigenvalue weighted by Gasteiger charge is 2.48. The molecular weight excluding hydrogens is 678 g/mol. The van der Waals surface area contributed by atoms with Gasteiger partial charge in [-0.3, -0.25) is 4.79 Å². The molecule has 1 rings (SSSR count). The summed E-state index contributed by atoms with van der Waals surface area (Å²) in [5.41, 5.74) is 6.54. The fourth-order valence-electron chi connectivity index (χ4n) is 1.58. The van der Waals surface area contributed by atoms with Crippen molar-refractivity contribution in [1.29, 1.82) is 0 Å². The molecule has 0 radical (unpaired) electrons. The molecule has 0 aliphatic heterocycles. The second-order valence-corrected chi connectivity index (χ2v) is 15.5. The van der Waals surface area contributed by atoms with E-state index >= 15 is 0 Å². The normalized spacial score (nSPS) is 28.4. The lowest BCUT2D eigenvalue weighted by atomic mass is 9.92. The average molecular weight is 689 g/mol. The van der Waals surface area contributed by atoms with Gasteiger partial charge in [0.25, 0.3) is 0 Å². The van der Waals surface area contributed by atoms with Crippen LogP contribution in [-0.2, 0) is 4.79 Å². The smallest absolute Gasteiger partial charge is 0.320 e. The molecule has 0 aromatic carbocycles. The van der Waals surface area contributed by atoms with E-state index in [-0.39, 0.29) is 1.43 Å². The van der Waals surface area contributed by atoms with E-state index in [2.05, 4.69) is 90.4 Å². The molecular formula is C9H11I4NO3. The summed E-state index contributed by atoms with van der Waals surface area (Å²) in [6.07, 6.45) is 2.45. The summed E-state index contributed by atoms with van der Waals surface area (Å²) < 4.78 is -0.732. The van der Waals surface area contributed by atoms with Gasteiger partial charge < -0.3 is 15.9 Å². The molecule has 4 N–H and O–H groups in total. The van der Waals surface area contributed by atoms with Gasteiger partial charge in [0.15, 0.2) is 0 Å². The van der Waals surface area contributed by atoms with Gasteiger partial charge in [-0.25, -0.2) is 0 Å². The van der Waals surface area contributed by atoms with Crippen molar-refractivity contribution in [3.8, 4) is 0 Å². The zero-order chi connectivity index (χ0) is 13.4. The van der Waals surface area contributed by atoms with Crippen LogP contribution in [0.4, 0.5) is 0 Å². The summed E-state index contributed by atoms with van der Waals surface area (Å²) >= 11 is 8.81. The Kier molecular flexibility index (Phi) is 6.26. The highest BCUT2D eigenvalue weighted by atomic mass is 127. The summed E-state index contributed by atoms with van der Waals surface area (Å²) in [6.45, 7) is 0. The van der Waals surface area contributed by atoms with E-state index in [0.717, 1.165) is 5.57 Å². The number of hydrogen-bond acceptors (Lipinski definition) is 3. The molecule has 1 aliphatic carbocycles. The Balaban J connectivity index is 2.92. The number of carboxylic acid groups (broad SMARTS) is 1. The van der Waals surface area contributed by atoms with Crippen LogP contribution >= 0.6 is 90.4 Å². The summed E-state index contributed by atoms with van der Waals surface area (Å²) in [4.78, 5) is 10.8. The van der Waals surface area contributed by atoms with E-state index in [4.69, 9.17) is 10.8 Å². The van der Waals surface area contributed by atoms with E-state index < -0.39 is 19.5 Å². The Morgan fingerprint density at radius 3 is 2.47 bits per heavy atom. The van der Waals surface area contributed by atoms with Gasteiger partial charge in [0.05, 0.1) is 0 Å². The predicted octanol–water partition coefficient (Wildman–Crippen LogP) is 2.61. The molecule has 0 amide bonds. The minimum absolute atomic E-state index is 0.319. The van der Waals surface area contributed by atoms with E-state index in [0.29, 0.717) is 12.8 Å². The third-order valence-corrected chi connectivity index (χ3v) is 6.17. The van der Waals surface area contributed by atoms with Gasteiger partial charge in [-0.2, -0.15) is 0 Å². The molecule has 17 heavy (non-hydrogen) atoms. The van der Waals surface area contributed by atoms with Crippen LogP contribution < -0.4 is 5.73 Å². The Labute approximate surface area is 154 Å². The van der Waals surface area contributed by atoms with Crippen LogP contribution in [0.15, 0.2) is 11.6 Å². The number of aliphatic carboxylic acids is 1. The number of aliphatic hydroxyl groups is 1. The maximum atomic E-state index is 10.8. The van der Waals surface area contributed by atoms with Crippen LogP contribution in [0.1, 0.15) is 12.8 Å². The van der Waals surface area contributed by atoms with Crippen molar-refractivity contribution in [2.75, 3.05) is 0 Å². The molecule has 0 fully saturated rings. The Bertz CT molecular complexity index is 356. The number of nitrogens with two attached hydrogens (primary N) is 1. The summed E-state index contributed by atoms with van der Waals surface area (Å²) in [5, 5.41) is 19.0. The maximum absolute atomic E-state index is 10.8. The highest BCUT2D eigenvalue weighted by molar-refractivity contribution is 14.2. The molecule has 98 valence electrons. The largest absolute Gasteiger partial charge is 0.480 e. The van der Waals surface area contributed by atoms with E-state index in [1.807, 2.05) is 6.08 Å². The van der Waals surface area contributed by atoms with Gasteiger partial charge in [-0.05, 0) is 12.8 Å². The first-order valence-electron chi connectivity index (χ1n) is 4.69. The monoisotopic (exact) mass is 689 g/mol. The second-order valence-electron chi connectivity index (χ2n) is 3.97. The van der Waals surface area contributed by atoms with Crippen LogP contribution in [-0.4, -0.2) is 31.2 Å². The SMILES string of the molecule is N[C@@H](CC1=CC(I)(I)C(O)C(I)(I)C1)C(=O)O. The summed E-state index contributed by atoms with van der Waals surface area (Å²) in [5.74, 6) is -0.989. The van der Waals surface area contributed by atoms with E-state index in [9.17, 15) is 9.90 Å². The number of carbonyl (C=O) groups is 1. The quantitative estimate of drug-likeness (QED) is 0.242. The predicted molar refractivity (Wildman–Crippen MR) is 100 cm³/mol. The van der Waals surface area contributed by atoms with Gasteiger partial charge in [-0.1, -0.05) is 102 Å². The lowest BCUT2D eigenvalue weighted by Crippen LogP contribution is -2.46. The molecule has 0 aromatic rings. The maximum Gasteiger partial charge on any atom is 0.320 e. The molecule has 2 atom stereocenters. The van der Waals surface area contributed by atoms with Gasteiger partial charge in [0.1, 0.15) is 15.0 Å². The first kappa shape index (κ1) is 17.1. The number of carboxylic acids is 1. The molecule has 0 saturated carbocycles. The van der Waals surface area contributed by atoms with Crippen LogP contribution in [0.25, 0.3) is 0 Å². The summed E-state index contributed by atoms with van der Waals surface area (Å²) in [6, 6.07) is -0.872. The molecule has 0 saturated heterocycles. The molecule has 0 aromatic heterocycles. The molecule has 8 heteroatoms. The first-order chi connectivity index (χ1) is 7.56. The third-order valence-electron chi connectivity index (χ3n) is 2.42. The minimum Gasteiger partial charge on any atom is -0.480 e. The third kappa shape index (κ3) is 4.53. The second kappa shape index (κ2) is 6.22. The van der Waals surface area contributed by atoms with Crippen molar-refractivity contribution < 1.29 is 15.0 Å². The zero-order valence-corrected chi connectivity index (χ0v) is 17.2. The molecule has 0 spiro atoms. The summed E-state index contributed by atoms with van der Waals surface area (Å²) in [7, 11) is 0. The molecule has 1 unspecified atom stereocenters. The van der Waals surface area contributed by atoms with Gasteiger partial charge in [-0.15, -0.1) is 0 Å². The number of aliphatic hydroxyl groups excluding tert-OH is 1. The number of alkyl halides is 4. The van der Waals surface area contributed by atoms with E-state index in [1.165, 1.54) is 0 Å². The minimum atomic E-state index is -0.989. The zero-order valence-electron chi connectivity index (χ0n) is 8.54. The molecule has 4 nitrogen and oxygen atoms in total. The van der Waals surface area contributed by atoms with Crippen molar-refractivity contribution in [1.82, 2.24) is 0 Å². The fraction of sp³-hybridized carbons (Fsp3) is 0.667. The van der Waals surface area contributed by atoms with Crippen LogP contribution in [0, 0.1) is 0 Å². The Morgan fingerprint density at radius 2 is 2.06 bits per heavy atom. The molecule has 0 heterocycles. The number of rotatable bonds is 3. The lowest BCUT2D eigenvalue weighted by molar-refractivity contribution is -0.138. The van der Waals surface area contributed by atoms with Gasteiger partial charge in [0.2, 0.25) is 0 Å². The Hall–Kier alpha value is 2.05. The Morgan fingerprint density at radius 1 is 1.53 bits per heavy atom. The standard InChI is InChI=1S/C9H11I4NO3/c10-8(11)2-4(1-5(14)6(15)16)3-9(12,13)7(8)17/h2,5,7,17H,1,3,14H2,(H,15,16)/t5-,7?/m0/s1. The highest BCUT2D eigenvalue weighted by Crippen LogP contribution is 2.52. The number of hydrogen-bond donors (Lipinski definition) is 3. The van der Waals surface area contributed by atoms with Crippen LogP contribution in [0.3, 0.4) is 0 Å². The average Bonchev–Trinajstić information content (AvgIpc) is 2.12. The molecule has 0 bridgehead atoms. The van der Waals surface area contributed by atoms with Crippen LogP contribution in [0.2, 0.25) is 0 Å². The van der Waals surface area contributed by atoms with Gasteiger partial charge >= 0.3 is 5.97 Å². The number of halogens is 4. The van der Waals surface area contributed by atoms with Crippen molar-refractivity contribution in [2.24, 2.45) is 5.73 Å². The first-order valence-corrected chi connectivity index (χ1v) is 9.00. The topological polar surface area (TPSA) is 83.5 Å². The van der Waals surface area contributed by atoms with Gasteiger partial charge in [0, 0.05) is 0 Å². The molecule has 1 aliphatic rings.